The highest BCUT2D eigenvalue weighted by molar-refractivity contribution is 7.95. The minimum Gasteiger partial charge on any atom is -0.459 e. The van der Waals surface area contributed by atoms with E-state index in [0.29, 0.717) is 12.8 Å². The van der Waals surface area contributed by atoms with E-state index in [4.69, 9.17) is 23.7 Å². The molecule has 0 saturated carbocycles. The van der Waals surface area contributed by atoms with Gasteiger partial charge in [-0.25, -0.2) is 0 Å². The number of likely N-dealkylation sites (N-methyl/N-ethyl adjacent to an activating group) is 1. The van der Waals surface area contributed by atoms with Crippen LogP contribution in [0, 0.1) is 23.7 Å². The first kappa shape index (κ1) is 69.7. The number of aliphatic hydroxyl groups excluding tert-OH is 3. The summed E-state index contributed by atoms with van der Waals surface area (Å²) in [6, 6.07) is 20.8. The van der Waals surface area contributed by atoms with Crippen LogP contribution < -0.4 is 15.9 Å². The van der Waals surface area contributed by atoms with Crippen LogP contribution >= 0.6 is 7.26 Å². The fourth-order valence-corrected chi connectivity index (χ4v) is 18.9. The SMILES string of the molecule is CC[C@H]1OC(=O)[C@H](C)[C@@H](C2C[C@@](C)(OC)[C@@H](O)[C@H](C)O2)[C@H](C)[C@@H](O[C@@H]2O[C@H](C)C[C@H](N(C)C)[C@H]2O)[C@](C)(O)C[C@@H](C)CN(C(=O)CCCCCCCCCCCCC[P+](c2ccccc2)(c2ccccc2)c2cnn(C)c2)[C@H](C)[C@@H](O)[C@]1(C)O. The Morgan fingerprint density at radius 3 is 1.87 bits per heavy atom. The van der Waals surface area contributed by atoms with Gasteiger partial charge in [0.2, 0.25) is 5.91 Å². The fourth-order valence-electron chi connectivity index (χ4n) is 14.6. The summed E-state index contributed by atoms with van der Waals surface area (Å²) < 4.78 is 34.1. The molecule has 16 nitrogen and oxygen atoms in total. The lowest BCUT2D eigenvalue weighted by atomic mass is 9.68. The maximum absolute atomic E-state index is 14.8. The number of benzene rings is 2. The number of aryl methyl sites for hydroxylation is 1. The molecule has 0 radical (unpaired) electrons. The predicted octanol–water partition coefficient (Wildman–Crippen LogP) is 8.48. The largest absolute Gasteiger partial charge is 0.459 e. The zero-order valence-corrected chi connectivity index (χ0v) is 54.5. The van der Waals surface area contributed by atoms with E-state index < -0.39 is 103 Å². The number of methoxy groups -OCH3 is 1. The lowest BCUT2D eigenvalue weighted by Crippen LogP contribution is -2.61. The Morgan fingerprint density at radius 1 is 0.786 bits per heavy atom. The third-order valence-electron chi connectivity index (χ3n) is 19.5. The molecular formula is C67H110N4O12P+. The molecule has 474 valence electrons. The van der Waals surface area contributed by atoms with E-state index >= 15 is 0 Å². The number of amides is 1. The van der Waals surface area contributed by atoms with E-state index in [-0.39, 0.29) is 56.2 Å². The van der Waals surface area contributed by atoms with E-state index in [1.165, 1.54) is 62.1 Å². The number of carbonyl (C=O) groups is 2. The van der Waals surface area contributed by atoms with Crippen molar-refractivity contribution in [3.05, 3.63) is 73.1 Å². The molecule has 1 aromatic heterocycles. The van der Waals surface area contributed by atoms with Gasteiger partial charge in [0.25, 0.3) is 0 Å². The molecule has 6 rings (SSSR count). The Morgan fingerprint density at radius 2 is 1.35 bits per heavy atom. The van der Waals surface area contributed by atoms with Gasteiger partial charge < -0.3 is 59.0 Å². The van der Waals surface area contributed by atoms with Crippen LogP contribution in [0.25, 0.3) is 0 Å². The first-order valence-corrected chi connectivity index (χ1v) is 33.9. The number of unbranched alkanes of at least 4 members (excludes halogenated alkanes) is 10. The molecule has 1 amide bonds. The fraction of sp³-hybridized carbons (Fsp3) is 0.746. The van der Waals surface area contributed by atoms with Gasteiger partial charge in [0.1, 0.15) is 53.2 Å². The Kier molecular flexibility index (Phi) is 25.9. The molecule has 0 spiro atoms. The van der Waals surface area contributed by atoms with Gasteiger partial charge in [-0.3, -0.25) is 14.3 Å². The maximum atomic E-state index is 14.8. The van der Waals surface area contributed by atoms with Crippen molar-refractivity contribution in [2.24, 2.45) is 30.7 Å². The molecule has 1 unspecified atom stereocenters. The van der Waals surface area contributed by atoms with Gasteiger partial charge in [-0.2, -0.15) is 5.10 Å². The summed E-state index contributed by atoms with van der Waals surface area (Å²) in [5.74, 6) is -3.62. The molecule has 84 heavy (non-hydrogen) atoms. The number of esters is 1. The number of hydrogen-bond donors (Lipinski definition) is 5. The van der Waals surface area contributed by atoms with Crippen LogP contribution in [-0.2, 0) is 40.3 Å². The van der Waals surface area contributed by atoms with Crippen LogP contribution in [0.3, 0.4) is 0 Å². The number of ether oxygens (including phenoxy) is 5. The first-order valence-electron chi connectivity index (χ1n) is 31.9. The van der Waals surface area contributed by atoms with Gasteiger partial charge in [0.15, 0.2) is 6.29 Å². The smallest absolute Gasteiger partial charge is 0.309 e. The van der Waals surface area contributed by atoms with Crippen LogP contribution in [-0.4, -0.2) is 175 Å². The zero-order valence-electron chi connectivity index (χ0n) is 53.6. The lowest BCUT2D eigenvalue weighted by Gasteiger charge is -2.51. The van der Waals surface area contributed by atoms with Crippen LogP contribution in [0.15, 0.2) is 73.1 Å². The van der Waals surface area contributed by atoms with E-state index in [1.54, 1.807) is 39.5 Å². The topological polar surface area (TPSA) is 206 Å². The lowest BCUT2D eigenvalue weighted by molar-refractivity contribution is -0.302. The van der Waals surface area contributed by atoms with Crippen molar-refractivity contribution in [1.82, 2.24) is 19.6 Å². The summed E-state index contributed by atoms with van der Waals surface area (Å²) in [7, 11) is 5.45. The minimum absolute atomic E-state index is 0.108. The number of aromatic nitrogens is 2. The Labute approximate surface area is 505 Å². The minimum atomic E-state index is -1.98. The van der Waals surface area contributed by atoms with Crippen LogP contribution in [0.1, 0.15) is 172 Å². The van der Waals surface area contributed by atoms with Crippen molar-refractivity contribution in [3.63, 3.8) is 0 Å². The summed E-state index contributed by atoms with van der Waals surface area (Å²) in [6.45, 7) is 17.9. The van der Waals surface area contributed by atoms with Crippen LogP contribution in [0.2, 0.25) is 0 Å². The highest BCUT2D eigenvalue weighted by atomic mass is 31.2. The Bertz CT molecular complexity index is 2410. The van der Waals surface area contributed by atoms with E-state index in [1.807, 2.05) is 58.4 Å². The molecule has 3 aliphatic rings. The average molecular weight is 1190 g/mol. The molecule has 3 aromatic rings. The molecule has 18 atom stereocenters. The first-order chi connectivity index (χ1) is 39.7. The van der Waals surface area contributed by atoms with Gasteiger partial charge >= 0.3 is 5.97 Å². The summed E-state index contributed by atoms with van der Waals surface area (Å²) in [4.78, 5) is 33.0. The molecule has 0 aliphatic carbocycles. The number of rotatable bonds is 23. The third kappa shape index (κ3) is 16.9. The molecule has 3 fully saturated rings. The van der Waals surface area contributed by atoms with Crippen molar-refractivity contribution in [2.45, 2.75) is 256 Å². The van der Waals surface area contributed by atoms with Crippen molar-refractivity contribution in [3.8, 4) is 0 Å². The number of aliphatic hydroxyl groups is 5. The van der Waals surface area contributed by atoms with Gasteiger partial charge in [-0.05, 0) is 130 Å². The molecule has 3 aliphatic heterocycles. The monoisotopic (exact) mass is 1190 g/mol. The average Bonchev–Trinajstić information content (AvgIpc) is 1.71. The van der Waals surface area contributed by atoms with Crippen molar-refractivity contribution in [1.29, 1.82) is 0 Å². The van der Waals surface area contributed by atoms with Crippen molar-refractivity contribution < 1.29 is 58.8 Å². The van der Waals surface area contributed by atoms with Gasteiger partial charge in [0.05, 0.1) is 66.1 Å². The normalized spacial score (nSPS) is 35.1. The number of cyclic esters (lactones) is 1. The second kappa shape index (κ2) is 31.2. The van der Waals surface area contributed by atoms with Crippen molar-refractivity contribution >= 4 is 35.1 Å². The summed E-state index contributed by atoms with van der Waals surface area (Å²) in [5.41, 5.74) is -4.72. The number of hydrogen-bond acceptors (Lipinski definition) is 14. The molecule has 3 saturated heterocycles. The summed E-state index contributed by atoms with van der Waals surface area (Å²) in [6.07, 6.45) is 9.82. The summed E-state index contributed by atoms with van der Waals surface area (Å²) >= 11 is 0. The van der Waals surface area contributed by atoms with Gasteiger partial charge in [-0.1, -0.05) is 115 Å². The van der Waals surface area contributed by atoms with E-state index in [9.17, 15) is 35.1 Å². The summed E-state index contributed by atoms with van der Waals surface area (Å²) in [5, 5.41) is 69.7. The third-order valence-corrected chi connectivity index (χ3v) is 24.0. The van der Waals surface area contributed by atoms with Crippen molar-refractivity contribution in [2.75, 3.05) is 33.9 Å². The zero-order chi connectivity index (χ0) is 61.7. The molecule has 0 bridgehead atoms. The highest BCUT2D eigenvalue weighted by Gasteiger charge is 2.55. The van der Waals surface area contributed by atoms with Crippen LogP contribution in [0.4, 0.5) is 0 Å². The quantitative estimate of drug-likeness (QED) is 0.0343. The standard InChI is InChI=1S/C67H110N4O12P/c1-15-56-67(10,78)60(74)49(6)71(57(72)37-31-23-21-19-17-16-18-20-22-24-32-38-84(51-33-27-25-28-34-51,52-35-29-26-30-36-52)53-42-68-70(13)44-53)43-45(2)40-65(8,77)62(83-64-59(73)54(69(11)12)39-46(3)80-64)47(4)58(48(5)63(76)82-56)55-41-66(9,79-14)61(75)50(7)81-55/h25-30,33-36,42,44-50,54-56,58-62,64,73-75,77-78H,15-24,31-32,37-41,43H2,1-14H3/q+1/t45-,46-,47+,48-,49-,50+,54+,55?,56-,58+,59-,60-,61+,62-,64+,65-,66-,67-/m1/s1. The second-order valence-electron chi connectivity index (χ2n) is 26.6. The van der Waals surface area contributed by atoms with Gasteiger partial charge in [-0.15, -0.1) is 0 Å². The second-order valence-corrected chi connectivity index (χ2v) is 30.2. The van der Waals surface area contributed by atoms with E-state index in [0.717, 1.165) is 38.3 Å². The van der Waals surface area contributed by atoms with E-state index in [2.05, 4.69) is 78.2 Å². The molecule has 17 heteroatoms. The predicted molar refractivity (Wildman–Crippen MR) is 334 cm³/mol. The number of carbonyl (C=O) groups excluding carboxylic acids is 2. The molecule has 4 heterocycles. The molecule has 2 aromatic carbocycles. The molecule has 5 N–H and O–H groups in total. The maximum Gasteiger partial charge on any atom is 0.309 e. The highest BCUT2D eigenvalue weighted by Crippen LogP contribution is 2.56. The number of nitrogens with zero attached hydrogens (tertiary/aromatic N) is 4. The molecular weight excluding hydrogens is 1080 g/mol. The van der Waals surface area contributed by atoms with Gasteiger partial charge in [0, 0.05) is 45.5 Å². The van der Waals surface area contributed by atoms with Crippen LogP contribution in [0.5, 0.6) is 0 Å². The Hall–Kier alpha value is -3.38. The Balaban J connectivity index is 1.11.